The van der Waals surface area contributed by atoms with Crippen LogP contribution in [0.4, 0.5) is 0 Å². The number of ether oxygens (including phenoxy) is 2. The van der Waals surface area contributed by atoms with Gasteiger partial charge < -0.3 is 9.47 Å². The van der Waals surface area contributed by atoms with Crippen LogP contribution in [0, 0.1) is 6.07 Å². The molecule has 0 bridgehead atoms. The third-order valence-electron chi connectivity index (χ3n) is 2.22. The average Bonchev–Trinajstić information content (AvgIpc) is 2.40. The zero-order chi connectivity index (χ0) is 12.1. The van der Waals surface area contributed by atoms with E-state index in [9.17, 15) is 4.79 Å². The lowest BCUT2D eigenvalue weighted by molar-refractivity contribution is 0.0734. The summed E-state index contributed by atoms with van der Waals surface area (Å²) in [4.78, 5) is 11.7. The van der Waals surface area contributed by atoms with Gasteiger partial charge in [-0.15, -0.1) is 0 Å². The Hall–Kier alpha value is -2.29. The monoisotopic (exact) mass is 227 g/mol. The van der Waals surface area contributed by atoms with Crippen molar-refractivity contribution in [3.63, 3.8) is 0 Å². The SMILES string of the molecule is COc1ccc(OC(=O)c2cc[c]cc2)cc1. The first-order valence-corrected chi connectivity index (χ1v) is 5.12. The molecule has 0 saturated heterocycles. The smallest absolute Gasteiger partial charge is 0.343 e. The largest absolute Gasteiger partial charge is 0.497 e. The molecule has 2 aromatic carbocycles. The van der Waals surface area contributed by atoms with E-state index in [2.05, 4.69) is 6.07 Å². The lowest BCUT2D eigenvalue weighted by atomic mass is 10.2. The molecule has 0 N–H and O–H groups in total. The molecule has 17 heavy (non-hydrogen) atoms. The molecule has 2 rings (SSSR count). The van der Waals surface area contributed by atoms with Crippen molar-refractivity contribution in [1.29, 1.82) is 0 Å². The van der Waals surface area contributed by atoms with E-state index in [4.69, 9.17) is 9.47 Å². The van der Waals surface area contributed by atoms with E-state index in [1.54, 1.807) is 55.6 Å². The summed E-state index contributed by atoms with van der Waals surface area (Å²) in [5.74, 6) is 0.826. The molecule has 85 valence electrons. The minimum Gasteiger partial charge on any atom is -0.497 e. The van der Waals surface area contributed by atoms with Crippen molar-refractivity contribution in [1.82, 2.24) is 0 Å². The van der Waals surface area contributed by atoms with Crippen LogP contribution >= 0.6 is 0 Å². The van der Waals surface area contributed by atoms with Gasteiger partial charge in [0, 0.05) is 0 Å². The van der Waals surface area contributed by atoms with Crippen molar-refractivity contribution in [2.45, 2.75) is 0 Å². The van der Waals surface area contributed by atoms with Gasteiger partial charge in [0.1, 0.15) is 11.5 Å². The van der Waals surface area contributed by atoms with Gasteiger partial charge in [0.25, 0.3) is 0 Å². The van der Waals surface area contributed by atoms with Crippen molar-refractivity contribution in [3.05, 3.63) is 60.2 Å². The molecule has 0 atom stereocenters. The summed E-state index contributed by atoms with van der Waals surface area (Å²) in [6.45, 7) is 0. The first-order chi connectivity index (χ1) is 8.29. The molecule has 0 unspecified atom stereocenters. The highest BCUT2D eigenvalue weighted by Crippen LogP contribution is 2.18. The highest BCUT2D eigenvalue weighted by atomic mass is 16.5. The summed E-state index contributed by atoms with van der Waals surface area (Å²) in [7, 11) is 1.58. The second-order valence-electron chi connectivity index (χ2n) is 3.35. The molecule has 3 heteroatoms. The minimum atomic E-state index is -0.385. The number of esters is 1. The van der Waals surface area contributed by atoms with Gasteiger partial charge in [0.15, 0.2) is 0 Å². The molecule has 0 aromatic heterocycles. The molecule has 0 aliphatic heterocycles. The highest BCUT2D eigenvalue weighted by Gasteiger charge is 2.07. The molecule has 0 aliphatic carbocycles. The van der Waals surface area contributed by atoms with Crippen LogP contribution in [0.25, 0.3) is 0 Å². The Morgan fingerprint density at radius 3 is 2.18 bits per heavy atom. The van der Waals surface area contributed by atoms with Crippen molar-refractivity contribution >= 4 is 5.97 Å². The van der Waals surface area contributed by atoms with Crippen LogP contribution in [0.2, 0.25) is 0 Å². The molecule has 0 fully saturated rings. The van der Waals surface area contributed by atoms with Crippen molar-refractivity contribution in [2.24, 2.45) is 0 Å². The van der Waals surface area contributed by atoms with E-state index in [-0.39, 0.29) is 5.97 Å². The number of rotatable bonds is 3. The zero-order valence-electron chi connectivity index (χ0n) is 9.34. The second-order valence-corrected chi connectivity index (χ2v) is 3.35. The van der Waals surface area contributed by atoms with E-state index in [1.165, 1.54) is 0 Å². The molecule has 0 aliphatic rings. The summed E-state index contributed by atoms with van der Waals surface area (Å²) in [5.41, 5.74) is 0.500. The molecule has 1 radical (unpaired) electrons. The maximum absolute atomic E-state index is 11.7. The van der Waals surface area contributed by atoms with Gasteiger partial charge in [0.2, 0.25) is 0 Å². The third-order valence-corrected chi connectivity index (χ3v) is 2.22. The fraction of sp³-hybridized carbons (Fsp3) is 0.0714. The maximum Gasteiger partial charge on any atom is 0.343 e. The van der Waals surface area contributed by atoms with E-state index < -0.39 is 0 Å². The molecule has 0 heterocycles. The lowest BCUT2D eigenvalue weighted by Crippen LogP contribution is -2.07. The molecule has 0 amide bonds. The minimum absolute atomic E-state index is 0.385. The standard InChI is InChI=1S/C14H11O3/c1-16-12-7-9-13(10-8-12)17-14(15)11-5-3-2-4-6-11/h3-10H,1H3. The van der Waals surface area contributed by atoms with E-state index in [0.717, 1.165) is 5.75 Å². The van der Waals surface area contributed by atoms with Gasteiger partial charge in [-0.05, 0) is 42.5 Å². The first kappa shape index (κ1) is 11.2. The summed E-state index contributed by atoms with van der Waals surface area (Å²) in [5, 5.41) is 0. The van der Waals surface area contributed by atoms with Gasteiger partial charge in [-0.25, -0.2) is 4.79 Å². The maximum atomic E-state index is 11.7. The van der Waals surface area contributed by atoms with Gasteiger partial charge in [-0.2, -0.15) is 0 Å². The topological polar surface area (TPSA) is 35.5 Å². The number of benzene rings is 2. The predicted octanol–water partition coefficient (Wildman–Crippen LogP) is 2.71. The number of hydrogen-bond acceptors (Lipinski definition) is 3. The molecule has 3 nitrogen and oxygen atoms in total. The van der Waals surface area contributed by atoms with Crippen molar-refractivity contribution in [2.75, 3.05) is 7.11 Å². The Balaban J connectivity index is 2.08. The first-order valence-electron chi connectivity index (χ1n) is 5.12. The number of methoxy groups -OCH3 is 1. The Morgan fingerprint density at radius 2 is 1.59 bits per heavy atom. The van der Waals surface area contributed by atoms with E-state index >= 15 is 0 Å². The Kier molecular flexibility index (Phi) is 3.40. The van der Waals surface area contributed by atoms with Crippen LogP contribution in [0.5, 0.6) is 11.5 Å². The number of carbonyl (C=O) groups excluding carboxylic acids is 1. The second kappa shape index (κ2) is 5.16. The van der Waals surface area contributed by atoms with Gasteiger partial charge in [0.05, 0.1) is 12.7 Å². The number of hydrogen-bond donors (Lipinski definition) is 0. The average molecular weight is 227 g/mol. The summed E-state index contributed by atoms with van der Waals surface area (Å²) in [6, 6.07) is 16.3. The summed E-state index contributed by atoms with van der Waals surface area (Å²) >= 11 is 0. The fourth-order valence-corrected chi connectivity index (χ4v) is 1.33. The predicted molar refractivity (Wildman–Crippen MR) is 63.2 cm³/mol. The van der Waals surface area contributed by atoms with Crippen LogP contribution in [0.1, 0.15) is 10.4 Å². The zero-order valence-corrected chi connectivity index (χ0v) is 9.34. The number of carbonyl (C=O) groups is 1. The molecule has 2 aromatic rings. The van der Waals surface area contributed by atoms with Gasteiger partial charge in [-0.1, -0.05) is 12.1 Å². The summed E-state index contributed by atoms with van der Waals surface area (Å²) < 4.78 is 10.2. The fourth-order valence-electron chi connectivity index (χ4n) is 1.33. The van der Waals surface area contributed by atoms with E-state index in [1.807, 2.05) is 0 Å². The Bertz CT molecular complexity index is 489. The Labute approximate surface area is 99.6 Å². The van der Waals surface area contributed by atoms with Crippen molar-refractivity contribution < 1.29 is 14.3 Å². The van der Waals surface area contributed by atoms with Crippen LogP contribution in [-0.4, -0.2) is 13.1 Å². The van der Waals surface area contributed by atoms with Crippen molar-refractivity contribution in [3.8, 4) is 11.5 Å². The molecule has 0 saturated carbocycles. The van der Waals surface area contributed by atoms with Crippen LogP contribution in [0.3, 0.4) is 0 Å². The molecule has 0 spiro atoms. The third kappa shape index (κ3) is 2.84. The van der Waals surface area contributed by atoms with Crippen LogP contribution < -0.4 is 9.47 Å². The highest BCUT2D eigenvalue weighted by molar-refractivity contribution is 5.90. The van der Waals surface area contributed by atoms with E-state index in [0.29, 0.717) is 11.3 Å². The van der Waals surface area contributed by atoms with Gasteiger partial charge >= 0.3 is 5.97 Å². The normalized spacial score (nSPS) is 9.71. The van der Waals surface area contributed by atoms with Gasteiger partial charge in [-0.3, -0.25) is 0 Å². The molecular weight excluding hydrogens is 216 g/mol. The lowest BCUT2D eigenvalue weighted by Gasteiger charge is -2.05. The quantitative estimate of drug-likeness (QED) is 0.597. The van der Waals surface area contributed by atoms with Crippen LogP contribution in [0.15, 0.2) is 48.5 Å². The summed E-state index contributed by atoms with van der Waals surface area (Å²) in [6.07, 6.45) is 0. The molecular formula is C14H11O3. The Morgan fingerprint density at radius 1 is 1.00 bits per heavy atom. The van der Waals surface area contributed by atoms with Crippen LogP contribution in [-0.2, 0) is 0 Å².